The summed E-state index contributed by atoms with van der Waals surface area (Å²) in [6.07, 6.45) is 3.18. The first-order valence-corrected chi connectivity index (χ1v) is 12.1. The Morgan fingerprint density at radius 2 is 1.88 bits per heavy atom. The monoisotopic (exact) mass is 571 g/mol. The molecular formula is C24H22IN5O2S. The highest BCUT2D eigenvalue weighted by Gasteiger charge is 2.24. The highest BCUT2D eigenvalue weighted by molar-refractivity contribution is 14.1. The second kappa shape index (κ2) is 9.54. The molecule has 7 nitrogen and oxygen atoms in total. The van der Waals surface area contributed by atoms with Gasteiger partial charge in [0.15, 0.2) is 0 Å². The van der Waals surface area contributed by atoms with Crippen LogP contribution in [0.5, 0.6) is 0 Å². The van der Waals surface area contributed by atoms with Crippen molar-refractivity contribution in [1.82, 2.24) is 15.0 Å². The molecule has 0 atom stereocenters. The van der Waals surface area contributed by atoms with Crippen LogP contribution in [0, 0.1) is 3.57 Å². The van der Waals surface area contributed by atoms with Gasteiger partial charge >= 0.3 is 6.03 Å². The van der Waals surface area contributed by atoms with Gasteiger partial charge in [0.2, 0.25) is 0 Å². The number of hydrogen-bond acceptors (Lipinski definition) is 6. The van der Waals surface area contributed by atoms with E-state index in [1.165, 1.54) is 6.33 Å². The number of urea groups is 1. The molecule has 0 radical (unpaired) electrons. The minimum atomic E-state index is -0.649. The van der Waals surface area contributed by atoms with Crippen molar-refractivity contribution in [3.8, 4) is 21.8 Å². The lowest BCUT2D eigenvalue weighted by atomic mass is 9.98. The molecule has 4 rings (SSSR count). The molecule has 0 unspecified atom stereocenters. The summed E-state index contributed by atoms with van der Waals surface area (Å²) in [6.45, 7) is 6.33. The maximum atomic E-state index is 12.6. The van der Waals surface area contributed by atoms with Crippen molar-refractivity contribution in [1.29, 1.82) is 0 Å². The number of carbonyl (C=O) groups is 1. The minimum Gasteiger partial charge on any atom is -0.306 e. The lowest BCUT2D eigenvalue weighted by Crippen LogP contribution is -2.31. The summed E-state index contributed by atoms with van der Waals surface area (Å²) in [6, 6.07) is 15.7. The van der Waals surface area contributed by atoms with E-state index in [0.29, 0.717) is 16.4 Å². The largest absolute Gasteiger partial charge is 0.350 e. The zero-order chi connectivity index (χ0) is 23.6. The summed E-state index contributed by atoms with van der Waals surface area (Å²) < 4.78 is 1.05. The molecule has 0 aliphatic heterocycles. The summed E-state index contributed by atoms with van der Waals surface area (Å²) in [5, 5.41) is 14.9. The highest BCUT2D eigenvalue weighted by atomic mass is 127. The van der Waals surface area contributed by atoms with E-state index in [0.717, 1.165) is 30.4 Å². The molecule has 0 saturated carbocycles. The van der Waals surface area contributed by atoms with Gasteiger partial charge in [0.25, 0.3) is 0 Å². The Morgan fingerprint density at radius 1 is 1.12 bits per heavy atom. The first kappa shape index (κ1) is 23.3. The lowest BCUT2D eigenvalue weighted by molar-refractivity contribution is 0.216. The molecule has 2 aromatic carbocycles. The highest BCUT2D eigenvalue weighted by Crippen LogP contribution is 2.40. The number of amides is 2. The first-order valence-electron chi connectivity index (χ1n) is 10.2. The molecule has 0 aliphatic rings. The Balaban J connectivity index is 1.68. The second-order valence-corrected chi connectivity index (χ2v) is 10.6. The minimum absolute atomic E-state index is 0.140. The van der Waals surface area contributed by atoms with Crippen molar-refractivity contribution in [2.24, 2.45) is 0 Å². The molecular weight excluding hydrogens is 549 g/mol. The molecule has 9 heteroatoms. The fourth-order valence-electron chi connectivity index (χ4n) is 3.05. The number of anilines is 2. The van der Waals surface area contributed by atoms with E-state index in [-0.39, 0.29) is 5.41 Å². The molecule has 4 aromatic rings. The third kappa shape index (κ3) is 5.37. The molecule has 33 heavy (non-hydrogen) atoms. The molecule has 2 amide bonds. The SMILES string of the molecule is CC(C)(C)c1nc(-c2ccncn2)c(-c2cccc(N(O)C(=O)Nc3ccc(I)cc3)c2)s1. The molecule has 0 bridgehead atoms. The maximum Gasteiger partial charge on any atom is 0.350 e. The number of carbonyl (C=O) groups excluding carboxylic acids is 1. The van der Waals surface area contributed by atoms with Crippen LogP contribution >= 0.6 is 33.9 Å². The van der Waals surface area contributed by atoms with Gasteiger partial charge in [0, 0.05) is 20.9 Å². The van der Waals surface area contributed by atoms with Gasteiger partial charge in [-0.2, -0.15) is 5.06 Å². The van der Waals surface area contributed by atoms with Crippen LogP contribution in [0.25, 0.3) is 21.8 Å². The molecule has 0 saturated heterocycles. The molecule has 0 fully saturated rings. The van der Waals surface area contributed by atoms with Gasteiger partial charge < -0.3 is 5.32 Å². The third-order valence-corrected chi connectivity index (χ3v) is 6.98. The van der Waals surface area contributed by atoms with E-state index in [9.17, 15) is 10.0 Å². The van der Waals surface area contributed by atoms with Crippen LogP contribution in [0.4, 0.5) is 16.2 Å². The standard InChI is InChI=1S/C24H22IN5O2S/c1-24(2,3)22-29-20(19-11-12-26-14-27-19)21(33-22)15-5-4-6-18(13-15)30(32)23(31)28-17-9-7-16(25)8-10-17/h4-14,32H,1-3H3,(H,28,31). The van der Waals surface area contributed by atoms with Crippen LogP contribution in [-0.4, -0.2) is 26.2 Å². The average Bonchev–Trinajstić information content (AvgIpc) is 3.27. The number of rotatable bonds is 4. The van der Waals surface area contributed by atoms with Crippen LogP contribution in [0.3, 0.4) is 0 Å². The quantitative estimate of drug-likeness (QED) is 0.164. The predicted octanol–water partition coefficient (Wildman–Crippen LogP) is 6.60. The fourth-order valence-corrected chi connectivity index (χ4v) is 4.53. The van der Waals surface area contributed by atoms with Gasteiger partial charge in [0.1, 0.15) is 12.0 Å². The van der Waals surface area contributed by atoms with E-state index in [1.807, 2.05) is 24.3 Å². The van der Waals surface area contributed by atoms with Crippen molar-refractivity contribution >= 4 is 51.3 Å². The summed E-state index contributed by atoms with van der Waals surface area (Å²) in [5.41, 5.74) is 3.09. The van der Waals surface area contributed by atoms with Crippen molar-refractivity contribution in [3.05, 3.63) is 75.7 Å². The van der Waals surface area contributed by atoms with Crippen LogP contribution in [0.2, 0.25) is 0 Å². The Morgan fingerprint density at radius 3 is 2.55 bits per heavy atom. The summed E-state index contributed by atoms with van der Waals surface area (Å²) in [5.74, 6) is 0. The number of aromatic nitrogens is 3. The van der Waals surface area contributed by atoms with Crippen LogP contribution in [0.15, 0.2) is 67.1 Å². The van der Waals surface area contributed by atoms with E-state index in [1.54, 1.807) is 47.9 Å². The fraction of sp³-hybridized carbons (Fsp3) is 0.167. The first-order chi connectivity index (χ1) is 15.7. The van der Waals surface area contributed by atoms with Crippen molar-refractivity contribution in [3.63, 3.8) is 0 Å². The lowest BCUT2D eigenvalue weighted by Gasteiger charge is -2.17. The molecule has 0 aliphatic carbocycles. The predicted molar refractivity (Wildman–Crippen MR) is 140 cm³/mol. The molecule has 168 valence electrons. The van der Waals surface area contributed by atoms with Crippen molar-refractivity contribution in [2.75, 3.05) is 10.4 Å². The van der Waals surface area contributed by atoms with E-state index in [4.69, 9.17) is 4.98 Å². The Bertz CT molecular complexity index is 1270. The number of hydrogen-bond donors (Lipinski definition) is 2. The molecule has 2 aromatic heterocycles. The summed E-state index contributed by atoms with van der Waals surface area (Å²) in [4.78, 5) is 26.8. The molecule has 0 spiro atoms. The maximum absolute atomic E-state index is 12.6. The van der Waals surface area contributed by atoms with Gasteiger partial charge in [-0.1, -0.05) is 32.9 Å². The molecule has 2 N–H and O–H groups in total. The number of halogens is 1. The van der Waals surface area contributed by atoms with E-state index in [2.05, 4.69) is 58.6 Å². The summed E-state index contributed by atoms with van der Waals surface area (Å²) >= 11 is 3.76. The number of nitrogens with one attached hydrogen (secondary N) is 1. The van der Waals surface area contributed by atoms with Gasteiger partial charge in [-0.05, 0) is 70.6 Å². The molecule has 2 heterocycles. The zero-order valence-electron chi connectivity index (χ0n) is 18.3. The van der Waals surface area contributed by atoms with Gasteiger partial charge in [-0.25, -0.2) is 19.7 Å². The van der Waals surface area contributed by atoms with E-state index < -0.39 is 6.03 Å². The normalized spacial score (nSPS) is 11.3. The van der Waals surface area contributed by atoms with Crippen LogP contribution < -0.4 is 10.4 Å². The number of nitrogens with zero attached hydrogens (tertiary/aromatic N) is 4. The van der Waals surface area contributed by atoms with Crippen LogP contribution in [0.1, 0.15) is 25.8 Å². The number of benzene rings is 2. The van der Waals surface area contributed by atoms with Crippen molar-refractivity contribution in [2.45, 2.75) is 26.2 Å². The summed E-state index contributed by atoms with van der Waals surface area (Å²) in [7, 11) is 0. The van der Waals surface area contributed by atoms with Crippen LogP contribution in [-0.2, 0) is 5.41 Å². The number of thiazole rings is 1. The second-order valence-electron chi connectivity index (χ2n) is 8.34. The zero-order valence-corrected chi connectivity index (χ0v) is 21.3. The Hall–Kier alpha value is -2.89. The smallest absolute Gasteiger partial charge is 0.306 e. The van der Waals surface area contributed by atoms with E-state index >= 15 is 0 Å². The topological polar surface area (TPSA) is 91.2 Å². The van der Waals surface area contributed by atoms with Crippen molar-refractivity contribution < 1.29 is 10.0 Å². The number of hydroxylamine groups is 1. The Kier molecular flexibility index (Phi) is 6.73. The average molecular weight is 571 g/mol. The third-order valence-electron chi connectivity index (χ3n) is 4.73. The Labute approximate surface area is 209 Å². The van der Waals surface area contributed by atoms with Gasteiger partial charge in [-0.3, -0.25) is 5.21 Å². The van der Waals surface area contributed by atoms with Gasteiger partial charge in [0.05, 0.1) is 21.3 Å². The van der Waals surface area contributed by atoms with Gasteiger partial charge in [-0.15, -0.1) is 11.3 Å².